The maximum absolute atomic E-state index is 12.8. The molecule has 1 aliphatic rings. The Labute approximate surface area is 180 Å². The van der Waals surface area contributed by atoms with Crippen LogP contribution in [0.5, 0.6) is 11.5 Å². The summed E-state index contributed by atoms with van der Waals surface area (Å²) >= 11 is 1.73. The number of nitrogens with zero attached hydrogens (tertiary/aromatic N) is 3. The molecule has 0 bridgehead atoms. The van der Waals surface area contributed by atoms with Crippen LogP contribution in [0.2, 0.25) is 0 Å². The van der Waals surface area contributed by atoms with Gasteiger partial charge in [-0.2, -0.15) is 0 Å². The van der Waals surface area contributed by atoms with Crippen molar-refractivity contribution in [2.24, 2.45) is 0 Å². The molecule has 2 aromatic carbocycles. The highest BCUT2D eigenvalue weighted by molar-refractivity contribution is 7.22. The molecule has 4 rings (SSSR count). The molecule has 1 N–H and O–H groups in total. The molecule has 1 aromatic heterocycles. The number of nitrogens with one attached hydrogen (secondary N) is 1. The first-order valence-corrected chi connectivity index (χ1v) is 10.7. The molecule has 7 nitrogen and oxygen atoms in total. The molecule has 0 aliphatic carbocycles. The number of thiazole rings is 1. The third-order valence-corrected chi connectivity index (χ3v) is 6.56. The smallest absolute Gasteiger partial charge is 0.322 e. The second-order valence-electron chi connectivity index (χ2n) is 7.40. The van der Waals surface area contributed by atoms with Crippen LogP contribution < -0.4 is 19.7 Å². The average Bonchev–Trinajstić information content (AvgIpc) is 3.18. The Balaban J connectivity index is 1.41. The summed E-state index contributed by atoms with van der Waals surface area (Å²) in [4.78, 5) is 21.7. The van der Waals surface area contributed by atoms with Crippen molar-refractivity contribution in [1.82, 2.24) is 9.88 Å². The maximum atomic E-state index is 12.8. The van der Waals surface area contributed by atoms with Gasteiger partial charge in [0.05, 0.1) is 30.1 Å². The monoisotopic (exact) mass is 426 g/mol. The molecule has 1 fully saturated rings. The van der Waals surface area contributed by atoms with E-state index in [4.69, 9.17) is 14.5 Å². The van der Waals surface area contributed by atoms with E-state index in [0.717, 1.165) is 23.7 Å². The quantitative estimate of drug-likeness (QED) is 0.674. The van der Waals surface area contributed by atoms with E-state index < -0.39 is 0 Å². The number of piperazine rings is 1. The first-order valence-electron chi connectivity index (χ1n) is 9.89. The first kappa shape index (κ1) is 20.3. The topological polar surface area (TPSA) is 66.9 Å². The molecule has 3 aromatic rings. The number of carbonyl (C=O) groups excluding carboxylic acids is 1. The van der Waals surface area contributed by atoms with Crippen LogP contribution in [0.3, 0.4) is 0 Å². The highest BCUT2D eigenvalue weighted by atomic mass is 32.1. The zero-order chi connectivity index (χ0) is 21.3. The van der Waals surface area contributed by atoms with Gasteiger partial charge in [-0.05, 0) is 43.2 Å². The fraction of sp³-hybridized carbons (Fsp3) is 0.364. The number of ether oxygens (including phenoxy) is 2. The largest absolute Gasteiger partial charge is 0.497 e. The molecule has 0 spiro atoms. The Morgan fingerprint density at radius 3 is 2.53 bits per heavy atom. The predicted molar refractivity (Wildman–Crippen MR) is 121 cm³/mol. The van der Waals surface area contributed by atoms with Gasteiger partial charge in [0.1, 0.15) is 11.5 Å². The van der Waals surface area contributed by atoms with Crippen LogP contribution in [-0.4, -0.2) is 56.3 Å². The van der Waals surface area contributed by atoms with Gasteiger partial charge in [-0.25, -0.2) is 9.78 Å². The fourth-order valence-corrected chi connectivity index (χ4v) is 4.76. The van der Waals surface area contributed by atoms with Crippen molar-refractivity contribution in [1.29, 1.82) is 0 Å². The standard InChI is InChI=1S/C22H26N4O3S/c1-14-11-15(2)20-18(12-14)24-22(30-20)26-9-7-25(8-10-26)21(27)23-17-6-5-16(28-3)13-19(17)29-4/h5-6,11-13H,7-10H2,1-4H3,(H,23,27). The van der Waals surface area contributed by atoms with Crippen molar-refractivity contribution >= 4 is 38.4 Å². The summed E-state index contributed by atoms with van der Waals surface area (Å²) in [5.74, 6) is 1.25. The number of aromatic nitrogens is 1. The summed E-state index contributed by atoms with van der Waals surface area (Å²) in [5.41, 5.74) is 4.18. The van der Waals surface area contributed by atoms with Gasteiger partial charge in [0.25, 0.3) is 0 Å². The van der Waals surface area contributed by atoms with E-state index in [-0.39, 0.29) is 6.03 Å². The van der Waals surface area contributed by atoms with Gasteiger partial charge < -0.3 is 24.6 Å². The van der Waals surface area contributed by atoms with Crippen LogP contribution >= 0.6 is 11.3 Å². The summed E-state index contributed by atoms with van der Waals surface area (Å²) in [7, 11) is 3.17. The Hall–Kier alpha value is -3.00. The summed E-state index contributed by atoms with van der Waals surface area (Å²) in [5, 5.41) is 3.97. The molecule has 0 radical (unpaired) electrons. The minimum Gasteiger partial charge on any atom is -0.497 e. The van der Waals surface area contributed by atoms with E-state index in [2.05, 4.69) is 36.2 Å². The van der Waals surface area contributed by atoms with E-state index in [9.17, 15) is 4.79 Å². The molecular weight excluding hydrogens is 400 g/mol. The van der Waals surface area contributed by atoms with Crippen LogP contribution in [0.25, 0.3) is 10.2 Å². The fourth-order valence-electron chi connectivity index (χ4n) is 3.70. The Kier molecular flexibility index (Phi) is 5.67. The highest BCUT2D eigenvalue weighted by Gasteiger charge is 2.24. The molecule has 158 valence electrons. The Bertz CT molecular complexity index is 1070. The van der Waals surface area contributed by atoms with Gasteiger partial charge in [0.15, 0.2) is 5.13 Å². The maximum Gasteiger partial charge on any atom is 0.322 e. The minimum absolute atomic E-state index is 0.131. The van der Waals surface area contributed by atoms with Crippen molar-refractivity contribution in [3.05, 3.63) is 41.5 Å². The number of benzene rings is 2. The number of carbonyl (C=O) groups is 1. The lowest BCUT2D eigenvalue weighted by Crippen LogP contribution is -2.50. The number of hydrogen-bond donors (Lipinski definition) is 1. The zero-order valence-corrected chi connectivity index (χ0v) is 18.5. The van der Waals surface area contributed by atoms with E-state index in [1.807, 2.05) is 4.90 Å². The number of rotatable bonds is 4. The van der Waals surface area contributed by atoms with Gasteiger partial charge >= 0.3 is 6.03 Å². The predicted octanol–water partition coefficient (Wildman–Crippen LogP) is 4.28. The van der Waals surface area contributed by atoms with Crippen molar-refractivity contribution in [3.8, 4) is 11.5 Å². The molecule has 1 saturated heterocycles. The van der Waals surface area contributed by atoms with E-state index in [1.54, 1.807) is 43.8 Å². The number of methoxy groups -OCH3 is 2. The number of urea groups is 1. The summed E-state index contributed by atoms with van der Waals surface area (Å²) in [6.45, 7) is 7.01. The average molecular weight is 427 g/mol. The van der Waals surface area contributed by atoms with E-state index in [0.29, 0.717) is 30.3 Å². The molecule has 0 saturated carbocycles. The van der Waals surface area contributed by atoms with Gasteiger partial charge in [0.2, 0.25) is 0 Å². The van der Waals surface area contributed by atoms with Crippen molar-refractivity contribution in [2.75, 3.05) is 50.6 Å². The number of anilines is 2. The van der Waals surface area contributed by atoms with Crippen LogP contribution in [0.4, 0.5) is 15.6 Å². The summed E-state index contributed by atoms with van der Waals surface area (Å²) in [6.07, 6.45) is 0. The number of hydrogen-bond acceptors (Lipinski definition) is 6. The third-order valence-electron chi connectivity index (χ3n) is 5.30. The van der Waals surface area contributed by atoms with Crippen LogP contribution in [0.1, 0.15) is 11.1 Å². The molecular formula is C22H26N4O3S. The number of aryl methyl sites for hydroxylation is 2. The second kappa shape index (κ2) is 8.39. The molecule has 1 aliphatic heterocycles. The van der Waals surface area contributed by atoms with Gasteiger partial charge in [-0.1, -0.05) is 17.4 Å². The van der Waals surface area contributed by atoms with E-state index in [1.165, 1.54) is 15.8 Å². The lowest BCUT2D eigenvalue weighted by Gasteiger charge is -2.34. The second-order valence-corrected chi connectivity index (χ2v) is 8.37. The van der Waals surface area contributed by atoms with Crippen LogP contribution in [0, 0.1) is 13.8 Å². The molecule has 0 atom stereocenters. The van der Waals surface area contributed by atoms with Crippen molar-refractivity contribution in [3.63, 3.8) is 0 Å². The highest BCUT2D eigenvalue weighted by Crippen LogP contribution is 2.33. The Morgan fingerprint density at radius 1 is 1.07 bits per heavy atom. The van der Waals surface area contributed by atoms with Gasteiger partial charge in [0, 0.05) is 32.2 Å². The van der Waals surface area contributed by atoms with Gasteiger partial charge in [-0.15, -0.1) is 0 Å². The SMILES string of the molecule is COc1ccc(NC(=O)N2CCN(c3nc4cc(C)cc(C)c4s3)CC2)c(OC)c1. The summed E-state index contributed by atoms with van der Waals surface area (Å²) < 4.78 is 11.8. The summed E-state index contributed by atoms with van der Waals surface area (Å²) in [6, 6.07) is 9.54. The first-order chi connectivity index (χ1) is 14.5. The van der Waals surface area contributed by atoms with Gasteiger partial charge in [-0.3, -0.25) is 0 Å². The van der Waals surface area contributed by atoms with Crippen LogP contribution in [0.15, 0.2) is 30.3 Å². The number of fused-ring (bicyclic) bond motifs is 1. The lowest BCUT2D eigenvalue weighted by molar-refractivity contribution is 0.208. The van der Waals surface area contributed by atoms with E-state index >= 15 is 0 Å². The molecule has 2 heterocycles. The minimum atomic E-state index is -0.131. The number of amides is 2. The third kappa shape index (κ3) is 4.00. The Morgan fingerprint density at radius 2 is 1.83 bits per heavy atom. The molecule has 0 unspecified atom stereocenters. The van der Waals surface area contributed by atoms with Crippen LogP contribution in [-0.2, 0) is 0 Å². The molecule has 30 heavy (non-hydrogen) atoms. The molecule has 8 heteroatoms. The normalized spacial score (nSPS) is 14.1. The lowest BCUT2D eigenvalue weighted by atomic mass is 10.1. The zero-order valence-electron chi connectivity index (χ0n) is 17.7. The van der Waals surface area contributed by atoms with Crippen molar-refractivity contribution < 1.29 is 14.3 Å². The van der Waals surface area contributed by atoms with Crippen molar-refractivity contribution in [2.45, 2.75) is 13.8 Å². The molecule has 2 amide bonds.